The van der Waals surface area contributed by atoms with Crippen LogP contribution < -0.4 is 0 Å². The normalized spacial score (nSPS) is 45.6. The van der Waals surface area contributed by atoms with Crippen molar-refractivity contribution < 1.29 is 14.6 Å². The predicted molar refractivity (Wildman–Crippen MR) is 50.7 cm³/mol. The van der Waals surface area contributed by atoms with E-state index in [1.807, 2.05) is 0 Å². The summed E-state index contributed by atoms with van der Waals surface area (Å²) < 4.78 is 11.6. The molecule has 1 heterocycles. The first-order chi connectivity index (χ1) is 6.80. The first-order valence-electron chi connectivity index (χ1n) is 5.76. The van der Waals surface area contributed by atoms with Crippen LogP contribution in [0.5, 0.6) is 0 Å². The van der Waals surface area contributed by atoms with E-state index in [1.54, 1.807) is 0 Å². The maximum Gasteiger partial charge on any atom is 0.171 e. The number of ether oxygens (including phenoxy) is 2. The van der Waals surface area contributed by atoms with Crippen molar-refractivity contribution in [3.05, 3.63) is 0 Å². The number of rotatable bonds is 0. The topological polar surface area (TPSA) is 38.7 Å². The highest BCUT2D eigenvalue weighted by Crippen LogP contribution is 2.48. The van der Waals surface area contributed by atoms with Crippen molar-refractivity contribution >= 4 is 0 Å². The van der Waals surface area contributed by atoms with Gasteiger partial charge < -0.3 is 14.6 Å². The van der Waals surface area contributed by atoms with E-state index in [4.69, 9.17) is 9.47 Å². The maximum atomic E-state index is 9.91. The van der Waals surface area contributed by atoms with Gasteiger partial charge in [-0.3, -0.25) is 0 Å². The Balaban J connectivity index is 1.87. The SMILES string of the molecule is OC1C[C@H]2CC[C@@H]1CCC21OCCO1. The highest BCUT2D eigenvalue weighted by molar-refractivity contribution is 4.94. The van der Waals surface area contributed by atoms with Crippen LogP contribution in [0.4, 0.5) is 0 Å². The van der Waals surface area contributed by atoms with Crippen LogP contribution >= 0.6 is 0 Å². The van der Waals surface area contributed by atoms with Gasteiger partial charge in [-0.1, -0.05) is 0 Å². The zero-order valence-electron chi connectivity index (χ0n) is 8.45. The zero-order chi connectivity index (χ0) is 9.60. The molecule has 3 aliphatic carbocycles. The van der Waals surface area contributed by atoms with Crippen molar-refractivity contribution in [1.82, 2.24) is 0 Å². The molecule has 4 rings (SSSR count). The summed E-state index contributed by atoms with van der Waals surface area (Å²) in [6.45, 7) is 1.47. The summed E-state index contributed by atoms with van der Waals surface area (Å²) in [5.74, 6) is 0.615. The van der Waals surface area contributed by atoms with Crippen LogP contribution in [0.25, 0.3) is 0 Å². The molecule has 14 heavy (non-hydrogen) atoms. The minimum atomic E-state index is -0.313. The monoisotopic (exact) mass is 198 g/mol. The summed E-state index contributed by atoms with van der Waals surface area (Å²) >= 11 is 0. The van der Waals surface area contributed by atoms with Gasteiger partial charge in [-0.05, 0) is 31.6 Å². The van der Waals surface area contributed by atoms with Crippen LogP contribution in [0.15, 0.2) is 0 Å². The Bertz CT molecular complexity index is 223. The molecule has 0 amide bonds. The molecular formula is C11H18O3. The van der Waals surface area contributed by atoms with Crippen molar-refractivity contribution in [2.24, 2.45) is 11.8 Å². The van der Waals surface area contributed by atoms with E-state index in [0.717, 1.165) is 38.9 Å². The van der Waals surface area contributed by atoms with Gasteiger partial charge in [0.15, 0.2) is 5.79 Å². The van der Waals surface area contributed by atoms with Crippen molar-refractivity contribution in [3.8, 4) is 0 Å². The van der Waals surface area contributed by atoms with E-state index in [0.29, 0.717) is 11.8 Å². The largest absolute Gasteiger partial charge is 0.393 e. The van der Waals surface area contributed by atoms with Gasteiger partial charge in [-0.25, -0.2) is 0 Å². The molecule has 3 saturated carbocycles. The second-order valence-electron chi connectivity index (χ2n) is 4.88. The van der Waals surface area contributed by atoms with Gasteiger partial charge in [-0.15, -0.1) is 0 Å². The molecule has 1 aliphatic heterocycles. The van der Waals surface area contributed by atoms with Gasteiger partial charge in [0, 0.05) is 12.3 Å². The predicted octanol–water partition coefficient (Wildman–Crippen LogP) is 1.30. The molecule has 4 fully saturated rings. The molecule has 0 radical (unpaired) electrons. The van der Waals surface area contributed by atoms with Crippen LogP contribution in [0.2, 0.25) is 0 Å². The maximum absolute atomic E-state index is 9.91. The number of aliphatic hydroxyl groups excluding tert-OH is 1. The number of hydrogen-bond acceptors (Lipinski definition) is 3. The summed E-state index contributed by atoms with van der Waals surface area (Å²) in [5.41, 5.74) is 0. The van der Waals surface area contributed by atoms with Crippen molar-refractivity contribution in [3.63, 3.8) is 0 Å². The first-order valence-corrected chi connectivity index (χ1v) is 5.76. The molecule has 3 atom stereocenters. The van der Waals surface area contributed by atoms with Crippen molar-refractivity contribution in [2.45, 2.75) is 44.0 Å². The van der Waals surface area contributed by atoms with E-state index in [2.05, 4.69) is 0 Å². The van der Waals surface area contributed by atoms with Gasteiger partial charge in [0.05, 0.1) is 19.3 Å². The molecule has 2 bridgehead atoms. The molecule has 80 valence electrons. The van der Waals surface area contributed by atoms with Crippen LogP contribution in [0, 0.1) is 11.8 Å². The Labute approximate surface area is 84.4 Å². The third kappa shape index (κ3) is 1.23. The van der Waals surface area contributed by atoms with E-state index >= 15 is 0 Å². The molecule has 1 N–H and O–H groups in total. The van der Waals surface area contributed by atoms with Crippen molar-refractivity contribution in [1.29, 1.82) is 0 Å². The lowest BCUT2D eigenvalue weighted by Crippen LogP contribution is -2.40. The average molecular weight is 198 g/mol. The van der Waals surface area contributed by atoms with Crippen LogP contribution in [0.3, 0.4) is 0 Å². The third-order valence-corrected chi connectivity index (χ3v) is 4.22. The molecule has 0 aromatic rings. The van der Waals surface area contributed by atoms with E-state index in [1.165, 1.54) is 6.42 Å². The fraction of sp³-hybridized carbons (Fsp3) is 1.00. The highest BCUT2D eigenvalue weighted by Gasteiger charge is 2.50. The second kappa shape index (κ2) is 3.19. The summed E-state index contributed by atoms with van der Waals surface area (Å²) in [5, 5.41) is 9.91. The van der Waals surface area contributed by atoms with Gasteiger partial charge >= 0.3 is 0 Å². The molecule has 0 aromatic carbocycles. The molecule has 1 spiro atoms. The summed E-state index contributed by atoms with van der Waals surface area (Å²) in [7, 11) is 0. The summed E-state index contributed by atoms with van der Waals surface area (Å²) in [4.78, 5) is 0. The number of fused-ring (bicyclic) bond motifs is 3. The molecule has 0 aromatic heterocycles. The molecule has 3 nitrogen and oxygen atoms in total. The Morgan fingerprint density at radius 3 is 2.57 bits per heavy atom. The molecule has 1 saturated heterocycles. The summed E-state index contributed by atoms with van der Waals surface area (Å²) in [6, 6.07) is 0. The fourth-order valence-corrected chi connectivity index (χ4v) is 3.39. The Kier molecular flexibility index (Phi) is 2.08. The van der Waals surface area contributed by atoms with Crippen molar-refractivity contribution in [2.75, 3.05) is 13.2 Å². The molecule has 1 unspecified atom stereocenters. The van der Waals surface area contributed by atoms with E-state index in [9.17, 15) is 5.11 Å². The molecular weight excluding hydrogens is 180 g/mol. The van der Waals surface area contributed by atoms with Crippen LogP contribution in [-0.2, 0) is 9.47 Å². The lowest BCUT2D eigenvalue weighted by atomic mass is 9.80. The quantitative estimate of drug-likeness (QED) is 0.637. The van der Waals surface area contributed by atoms with E-state index in [-0.39, 0.29) is 11.9 Å². The van der Waals surface area contributed by atoms with Gasteiger partial charge in [-0.2, -0.15) is 0 Å². The lowest BCUT2D eigenvalue weighted by molar-refractivity contribution is -0.202. The smallest absolute Gasteiger partial charge is 0.171 e. The Hall–Kier alpha value is -0.120. The zero-order valence-corrected chi connectivity index (χ0v) is 8.45. The van der Waals surface area contributed by atoms with Crippen LogP contribution in [0.1, 0.15) is 32.1 Å². The average Bonchev–Trinajstić information content (AvgIpc) is 2.54. The number of hydrogen-bond donors (Lipinski definition) is 1. The van der Waals surface area contributed by atoms with Gasteiger partial charge in [0.1, 0.15) is 0 Å². The molecule has 4 aliphatic rings. The number of aliphatic hydroxyl groups is 1. The highest BCUT2D eigenvalue weighted by atomic mass is 16.7. The standard InChI is InChI=1S/C11H18O3/c12-10-7-9-2-1-8(10)3-4-11(9)13-5-6-14-11/h8-10,12H,1-7H2/t8-,9-,10?/m1/s1. The lowest BCUT2D eigenvalue weighted by Gasteiger charge is -2.36. The second-order valence-corrected chi connectivity index (χ2v) is 4.88. The fourth-order valence-electron chi connectivity index (χ4n) is 3.39. The Morgan fingerprint density at radius 1 is 1.07 bits per heavy atom. The minimum absolute atomic E-state index is 0.110. The van der Waals surface area contributed by atoms with Gasteiger partial charge in [0.25, 0.3) is 0 Å². The van der Waals surface area contributed by atoms with E-state index < -0.39 is 0 Å². The van der Waals surface area contributed by atoms with Gasteiger partial charge in [0.2, 0.25) is 0 Å². The summed E-state index contributed by atoms with van der Waals surface area (Å²) in [6.07, 6.45) is 5.14. The van der Waals surface area contributed by atoms with Crippen LogP contribution in [-0.4, -0.2) is 30.2 Å². The Morgan fingerprint density at radius 2 is 1.86 bits per heavy atom. The third-order valence-electron chi connectivity index (χ3n) is 4.22. The first kappa shape index (κ1) is 9.13. The minimum Gasteiger partial charge on any atom is -0.393 e. The molecule has 3 heteroatoms.